The Balaban J connectivity index is 2.57. The van der Waals surface area contributed by atoms with Crippen molar-refractivity contribution >= 4 is 19.2 Å². The Morgan fingerprint density at radius 2 is 1.38 bits per heavy atom. The highest BCUT2D eigenvalue weighted by Crippen LogP contribution is 2.26. The van der Waals surface area contributed by atoms with E-state index in [1.54, 1.807) is 25.1 Å². The Labute approximate surface area is 119 Å². The van der Waals surface area contributed by atoms with Crippen LogP contribution in [0.2, 0.25) is 0 Å². The summed E-state index contributed by atoms with van der Waals surface area (Å²) in [5.41, 5.74) is 0.780. The van der Waals surface area contributed by atoms with Gasteiger partial charge >= 0.3 is 0 Å². The van der Waals surface area contributed by atoms with Crippen LogP contribution in [0, 0.1) is 36.0 Å². The third-order valence-electron chi connectivity index (χ3n) is 2.82. The van der Waals surface area contributed by atoms with E-state index in [0.717, 1.165) is 5.56 Å². The maximum Gasteiger partial charge on any atom is 0.200 e. The molecule has 1 unspecified atom stereocenters. The zero-order chi connectivity index (χ0) is 15.7. The molecule has 2 aromatic rings. The SMILES string of the molecule is COc1ccc(C)cc1Pc1c(F)c(F)c(F)c(F)c1F. The highest BCUT2D eigenvalue weighted by Gasteiger charge is 2.26. The Hall–Kier alpha value is -1.68. The molecule has 1 atom stereocenters. The second kappa shape index (κ2) is 5.98. The van der Waals surface area contributed by atoms with E-state index in [1.165, 1.54) is 7.11 Å². The number of benzene rings is 2. The molecule has 0 N–H and O–H groups in total. The van der Waals surface area contributed by atoms with Crippen molar-refractivity contribution < 1.29 is 26.7 Å². The van der Waals surface area contributed by atoms with Gasteiger partial charge in [0.25, 0.3) is 0 Å². The van der Waals surface area contributed by atoms with Crippen molar-refractivity contribution in [2.24, 2.45) is 0 Å². The van der Waals surface area contributed by atoms with Gasteiger partial charge in [0, 0.05) is 5.30 Å². The van der Waals surface area contributed by atoms with E-state index in [2.05, 4.69) is 0 Å². The molecule has 1 nitrogen and oxygen atoms in total. The largest absolute Gasteiger partial charge is 0.496 e. The van der Waals surface area contributed by atoms with Crippen molar-refractivity contribution in [3.8, 4) is 5.75 Å². The van der Waals surface area contributed by atoms with Gasteiger partial charge in [-0.2, -0.15) is 0 Å². The molecule has 0 aliphatic carbocycles. The minimum absolute atomic E-state index is 0.322. The van der Waals surface area contributed by atoms with Crippen LogP contribution in [0.4, 0.5) is 22.0 Å². The minimum atomic E-state index is -2.16. The number of halogens is 5. The zero-order valence-corrected chi connectivity index (χ0v) is 12.0. The maximum absolute atomic E-state index is 13.7. The van der Waals surface area contributed by atoms with Gasteiger partial charge in [0.2, 0.25) is 5.82 Å². The molecule has 7 heteroatoms. The molecule has 0 spiro atoms. The first-order valence-corrected chi connectivity index (χ1v) is 6.80. The molecule has 0 heterocycles. The number of ether oxygens (including phenoxy) is 1. The minimum Gasteiger partial charge on any atom is -0.496 e. The number of methoxy groups -OCH3 is 1. The van der Waals surface area contributed by atoms with E-state index in [0.29, 0.717) is 11.1 Å². The first-order chi connectivity index (χ1) is 9.86. The molecule has 2 aromatic carbocycles. The number of aryl methyl sites for hydroxylation is 1. The fourth-order valence-corrected chi connectivity index (χ4v) is 3.09. The quantitative estimate of drug-likeness (QED) is 0.365. The van der Waals surface area contributed by atoms with Gasteiger partial charge in [0.15, 0.2) is 23.3 Å². The van der Waals surface area contributed by atoms with Crippen LogP contribution in [0.1, 0.15) is 5.56 Å². The Morgan fingerprint density at radius 1 is 0.857 bits per heavy atom. The number of rotatable bonds is 3. The normalized spacial score (nSPS) is 11.4. The van der Waals surface area contributed by atoms with Crippen LogP contribution in [0.25, 0.3) is 0 Å². The summed E-state index contributed by atoms with van der Waals surface area (Å²) in [7, 11) is 0.602. The molecular formula is C14H10F5OP. The molecule has 21 heavy (non-hydrogen) atoms. The smallest absolute Gasteiger partial charge is 0.200 e. The monoisotopic (exact) mass is 320 g/mol. The topological polar surface area (TPSA) is 9.23 Å². The van der Waals surface area contributed by atoms with Crippen LogP contribution in [0.3, 0.4) is 0 Å². The van der Waals surface area contributed by atoms with Crippen LogP contribution >= 0.6 is 8.58 Å². The molecule has 2 rings (SSSR count). The van der Waals surface area contributed by atoms with Gasteiger partial charge in [-0.3, -0.25) is 0 Å². The van der Waals surface area contributed by atoms with Crippen LogP contribution < -0.4 is 15.3 Å². The lowest BCUT2D eigenvalue weighted by Gasteiger charge is -2.12. The van der Waals surface area contributed by atoms with Gasteiger partial charge < -0.3 is 4.74 Å². The maximum atomic E-state index is 13.7. The van der Waals surface area contributed by atoms with E-state index in [9.17, 15) is 22.0 Å². The van der Waals surface area contributed by atoms with E-state index in [4.69, 9.17) is 4.74 Å². The molecule has 0 bridgehead atoms. The van der Waals surface area contributed by atoms with Crippen molar-refractivity contribution in [3.63, 3.8) is 0 Å². The van der Waals surface area contributed by atoms with Crippen molar-refractivity contribution in [1.29, 1.82) is 0 Å². The van der Waals surface area contributed by atoms with E-state index >= 15 is 0 Å². The summed E-state index contributed by atoms with van der Waals surface area (Å²) in [6.45, 7) is 1.74. The molecular weight excluding hydrogens is 310 g/mol. The highest BCUT2D eigenvalue weighted by molar-refractivity contribution is 7.55. The van der Waals surface area contributed by atoms with E-state index in [-0.39, 0.29) is 0 Å². The summed E-state index contributed by atoms with van der Waals surface area (Å²) >= 11 is 0. The Bertz CT molecular complexity index is 673. The van der Waals surface area contributed by atoms with Gasteiger partial charge in [0.05, 0.1) is 12.4 Å². The lowest BCUT2D eigenvalue weighted by atomic mass is 10.2. The summed E-state index contributed by atoms with van der Waals surface area (Å²) in [6.07, 6.45) is 0. The standard InChI is InChI=1S/C14H10F5OP/c1-6-3-4-7(20-2)8(5-6)21-14-12(18)10(16)9(15)11(17)13(14)19/h3-5,21H,1-2H3. The van der Waals surface area contributed by atoms with Crippen LogP contribution in [-0.2, 0) is 0 Å². The Morgan fingerprint density at radius 3 is 1.90 bits per heavy atom. The first-order valence-electron chi connectivity index (χ1n) is 5.80. The van der Waals surface area contributed by atoms with Crippen molar-refractivity contribution in [1.82, 2.24) is 0 Å². The van der Waals surface area contributed by atoms with Gasteiger partial charge in [-0.25, -0.2) is 22.0 Å². The first kappa shape index (κ1) is 15.7. The molecule has 0 amide bonds. The molecule has 0 aliphatic rings. The molecule has 0 saturated heterocycles. The summed E-state index contributed by atoms with van der Waals surface area (Å²) in [6, 6.07) is 4.87. The van der Waals surface area contributed by atoms with Gasteiger partial charge in [-0.15, -0.1) is 0 Å². The van der Waals surface area contributed by atoms with Gasteiger partial charge in [-0.05, 0) is 27.6 Å². The summed E-state index contributed by atoms with van der Waals surface area (Å²) in [5.74, 6) is -9.34. The molecule has 0 aliphatic heterocycles. The highest BCUT2D eigenvalue weighted by atomic mass is 31.1. The summed E-state index contributed by atoms with van der Waals surface area (Å²) in [5, 5.41) is -0.490. The lowest BCUT2D eigenvalue weighted by molar-refractivity contribution is 0.384. The molecule has 0 saturated carbocycles. The zero-order valence-electron chi connectivity index (χ0n) is 11.0. The average molecular weight is 320 g/mol. The predicted molar refractivity (Wildman–Crippen MR) is 71.5 cm³/mol. The van der Waals surface area contributed by atoms with Crippen LogP contribution in [0.15, 0.2) is 18.2 Å². The molecule has 0 radical (unpaired) electrons. The lowest BCUT2D eigenvalue weighted by Crippen LogP contribution is -2.19. The fourth-order valence-electron chi connectivity index (χ4n) is 1.77. The van der Waals surface area contributed by atoms with Crippen LogP contribution in [-0.4, -0.2) is 7.11 Å². The van der Waals surface area contributed by atoms with E-state index < -0.39 is 43.0 Å². The van der Waals surface area contributed by atoms with Crippen molar-refractivity contribution in [3.05, 3.63) is 52.8 Å². The second-order valence-electron chi connectivity index (χ2n) is 4.27. The van der Waals surface area contributed by atoms with Crippen LogP contribution in [0.5, 0.6) is 5.75 Å². The van der Waals surface area contributed by atoms with Crippen molar-refractivity contribution in [2.75, 3.05) is 7.11 Å². The van der Waals surface area contributed by atoms with E-state index in [1.807, 2.05) is 0 Å². The number of hydrogen-bond acceptors (Lipinski definition) is 1. The second-order valence-corrected chi connectivity index (χ2v) is 5.56. The molecule has 112 valence electrons. The van der Waals surface area contributed by atoms with Crippen molar-refractivity contribution in [2.45, 2.75) is 6.92 Å². The third kappa shape index (κ3) is 2.86. The van der Waals surface area contributed by atoms with Gasteiger partial charge in [-0.1, -0.05) is 11.6 Å². The summed E-state index contributed by atoms with van der Waals surface area (Å²) in [4.78, 5) is 0. The number of hydrogen-bond donors (Lipinski definition) is 0. The molecule has 0 fully saturated rings. The summed E-state index contributed by atoms with van der Waals surface area (Å²) < 4.78 is 71.7. The third-order valence-corrected chi connectivity index (χ3v) is 4.17. The van der Waals surface area contributed by atoms with Gasteiger partial charge in [0.1, 0.15) is 5.75 Å². The predicted octanol–water partition coefficient (Wildman–Crippen LogP) is 3.33. The fraction of sp³-hybridized carbons (Fsp3) is 0.143. The Kier molecular flexibility index (Phi) is 4.47. The average Bonchev–Trinajstić information content (AvgIpc) is 2.48. The molecule has 0 aromatic heterocycles.